The lowest BCUT2D eigenvalue weighted by Crippen LogP contribution is -1.98. The van der Waals surface area contributed by atoms with Crippen LogP contribution in [-0.4, -0.2) is 9.55 Å². The second-order valence-electron chi connectivity index (χ2n) is 12.7. The molecule has 0 N–H and O–H groups in total. The standard InChI is InChI=1S/C47H34N2/c1-32-48-44-28-26-38(31-45(44)49(32)39-22-12-5-13-23-39)47-41-27-25-37(34-17-8-3-9-18-34)30-43(41)46(35-19-10-4-11-20-35)40-24-14-21-36(29-42(40)47)33-15-6-2-7-16-33/h2-20,22-31H,21H2,1H3. The first-order valence-electron chi connectivity index (χ1n) is 16.9. The van der Waals surface area contributed by atoms with Crippen molar-refractivity contribution in [3.05, 3.63) is 186 Å². The van der Waals surface area contributed by atoms with Crippen LogP contribution in [0.15, 0.2) is 164 Å². The molecule has 1 aromatic heterocycles. The molecule has 0 atom stereocenters. The molecule has 9 rings (SSSR count). The Kier molecular flexibility index (Phi) is 7.13. The van der Waals surface area contributed by atoms with Crippen molar-refractivity contribution in [3.63, 3.8) is 0 Å². The van der Waals surface area contributed by atoms with E-state index in [9.17, 15) is 0 Å². The van der Waals surface area contributed by atoms with Crippen molar-refractivity contribution in [1.82, 2.24) is 9.55 Å². The van der Waals surface area contributed by atoms with Crippen molar-refractivity contribution in [1.29, 1.82) is 0 Å². The van der Waals surface area contributed by atoms with Gasteiger partial charge >= 0.3 is 0 Å². The van der Waals surface area contributed by atoms with E-state index in [0.717, 1.165) is 29.0 Å². The molecule has 232 valence electrons. The molecule has 8 aromatic rings. The van der Waals surface area contributed by atoms with E-state index in [4.69, 9.17) is 4.98 Å². The highest BCUT2D eigenvalue weighted by Crippen LogP contribution is 2.47. The molecule has 0 saturated heterocycles. The van der Waals surface area contributed by atoms with Gasteiger partial charge in [-0.15, -0.1) is 0 Å². The van der Waals surface area contributed by atoms with Crippen LogP contribution >= 0.6 is 0 Å². The SMILES string of the molecule is Cc1nc2ccc(-c3c4c(c(-c5ccccc5)c5cc(-c6ccccc6)ccc35)C=CCC(c3ccccc3)=C4)cc2n1-c1ccccc1. The summed E-state index contributed by atoms with van der Waals surface area (Å²) in [6.07, 6.45) is 8.00. The summed E-state index contributed by atoms with van der Waals surface area (Å²) in [4.78, 5) is 4.98. The van der Waals surface area contributed by atoms with Gasteiger partial charge in [0.15, 0.2) is 0 Å². The Bertz CT molecular complexity index is 2540. The van der Waals surface area contributed by atoms with Crippen LogP contribution in [0.4, 0.5) is 0 Å². The third kappa shape index (κ3) is 5.10. The molecule has 0 bridgehead atoms. The number of rotatable bonds is 5. The number of imidazole rings is 1. The number of fused-ring (bicyclic) bond motifs is 3. The summed E-state index contributed by atoms with van der Waals surface area (Å²) in [7, 11) is 0. The van der Waals surface area contributed by atoms with E-state index in [2.05, 4.69) is 187 Å². The number of aromatic nitrogens is 2. The van der Waals surface area contributed by atoms with E-state index in [1.165, 1.54) is 66.4 Å². The number of benzene rings is 7. The molecular formula is C47H34N2. The van der Waals surface area contributed by atoms with E-state index in [1.807, 2.05) is 0 Å². The van der Waals surface area contributed by atoms with E-state index in [0.29, 0.717) is 0 Å². The summed E-state index contributed by atoms with van der Waals surface area (Å²) in [5.41, 5.74) is 15.6. The van der Waals surface area contributed by atoms with Gasteiger partial charge in [0.25, 0.3) is 0 Å². The summed E-state index contributed by atoms with van der Waals surface area (Å²) in [5.74, 6) is 0.975. The summed E-state index contributed by atoms with van der Waals surface area (Å²) in [6.45, 7) is 2.09. The maximum Gasteiger partial charge on any atom is 0.111 e. The van der Waals surface area contributed by atoms with Crippen LogP contribution in [0.25, 0.3) is 78.6 Å². The predicted octanol–water partition coefficient (Wildman–Crippen LogP) is 12.4. The minimum Gasteiger partial charge on any atom is -0.297 e. The van der Waals surface area contributed by atoms with Gasteiger partial charge in [0, 0.05) is 5.69 Å². The van der Waals surface area contributed by atoms with Gasteiger partial charge in [-0.2, -0.15) is 0 Å². The first kappa shape index (κ1) is 28.9. The predicted molar refractivity (Wildman–Crippen MR) is 208 cm³/mol. The van der Waals surface area contributed by atoms with Gasteiger partial charge in [0.2, 0.25) is 0 Å². The highest BCUT2D eigenvalue weighted by atomic mass is 15.1. The molecule has 2 nitrogen and oxygen atoms in total. The summed E-state index contributed by atoms with van der Waals surface area (Å²) < 4.78 is 2.27. The monoisotopic (exact) mass is 626 g/mol. The molecule has 0 saturated carbocycles. The molecule has 0 fully saturated rings. The van der Waals surface area contributed by atoms with Crippen LogP contribution in [0.5, 0.6) is 0 Å². The Morgan fingerprint density at radius 1 is 0.510 bits per heavy atom. The van der Waals surface area contributed by atoms with Gasteiger partial charge in [-0.05, 0) is 116 Å². The lowest BCUT2D eigenvalue weighted by molar-refractivity contribution is 1.00. The average molecular weight is 627 g/mol. The highest BCUT2D eigenvalue weighted by molar-refractivity contribution is 6.14. The van der Waals surface area contributed by atoms with Crippen molar-refractivity contribution >= 4 is 39.5 Å². The molecule has 1 heterocycles. The van der Waals surface area contributed by atoms with Gasteiger partial charge in [-0.25, -0.2) is 4.98 Å². The van der Waals surface area contributed by atoms with Gasteiger partial charge in [0.1, 0.15) is 5.82 Å². The Labute approximate surface area is 287 Å². The Morgan fingerprint density at radius 3 is 1.84 bits per heavy atom. The van der Waals surface area contributed by atoms with Crippen molar-refractivity contribution < 1.29 is 0 Å². The summed E-state index contributed by atoms with van der Waals surface area (Å²) >= 11 is 0. The van der Waals surface area contributed by atoms with Crippen molar-refractivity contribution in [3.8, 4) is 39.1 Å². The number of aryl methyl sites for hydroxylation is 1. The minimum absolute atomic E-state index is 0.858. The molecule has 1 aliphatic carbocycles. The molecule has 0 spiro atoms. The van der Waals surface area contributed by atoms with E-state index in [-0.39, 0.29) is 0 Å². The molecule has 7 aromatic carbocycles. The van der Waals surface area contributed by atoms with Crippen LogP contribution in [-0.2, 0) is 0 Å². The second kappa shape index (κ2) is 12.1. The average Bonchev–Trinajstić information content (AvgIpc) is 3.34. The largest absolute Gasteiger partial charge is 0.297 e. The summed E-state index contributed by atoms with van der Waals surface area (Å²) in [5, 5.41) is 2.48. The summed E-state index contributed by atoms with van der Waals surface area (Å²) in [6, 6.07) is 56.8. The quantitative estimate of drug-likeness (QED) is 0.186. The van der Waals surface area contributed by atoms with Crippen LogP contribution in [0, 0.1) is 6.92 Å². The zero-order chi connectivity index (χ0) is 32.7. The van der Waals surface area contributed by atoms with Gasteiger partial charge in [-0.3, -0.25) is 4.57 Å². The smallest absolute Gasteiger partial charge is 0.111 e. The third-order valence-electron chi connectivity index (χ3n) is 9.77. The zero-order valence-corrected chi connectivity index (χ0v) is 27.3. The normalized spacial score (nSPS) is 12.6. The number of para-hydroxylation sites is 1. The van der Waals surface area contributed by atoms with Crippen molar-refractivity contribution in [2.45, 2.75) is 13.3 Å². The lowest BCUT2D eigenvalue weighted by Gasteiger charge is -2.21. The van der Waals surface area contributed by atoms with Gasteiger partial charge in [-0.1, -0.05) is 140 Å². The van der Waals surface area contributed by atoms with Crippen LogP contribution in [0.2, 0.25) is 0 Å². The Hall–Kier alpha value is -6.25. The van der Waals surface area contributed by atoms with Crippen molar-refractivity contribution in [2.75, 3.05) is 0 Å². The number of allylic oxidation sites excluding steroid dienone is 2. The maximum absolute atomic E-state index is 4.98. The fourth-order valence-electron chi connectivity index (χ4n) is 7.53. The molecule has 2 heteroatoms. The maximum atomic E-state index is 4.98. The van der Waals surface area contributed by atoms with Gasteiger partial charge in [0.05, 0.1) is 11.0 Å². The molecule has 0 unspecified atom stereocenters. The van der Waals surface area contributed by atoms with Crippen LogP contribution in [0.1, 0.15) is 28.9 Å². The fraction of sp³-hybridized carbons (Fsp3) is 0.0426. The topological polar surface area (TPSA) is 17.8 Å². The lowest BCUT2D eigenvalue weighted by atomic mass is 9.82. The number of nitrogens with zero attached hydrogens (tertiary/aromatic N) is 2. The van der Waals surface area contributed by atoms with Crippen LogP contribution < -0.4 is 0 Å². The fourth-order valence-corrected chi connectivity index (χ4v) is 7.53. The molecular weight excluding hydrogens is 593 g/mol. The Morgan fingerprint density at radius 2 is 1.12 bits per heavy atom. The molecule has 0 radical (unpaired) electrons. The number of hydrogen-bond donors (Lipinski definition) is 0. The van der Waals surface area contributed by atoms with Gasteiger partial charge < -0.3 is 0 Å². The second-order valence-corrected chi connectivity index (χ2v) is 12.7. The third-order valence-corrected chi connectivity index (χ3v) is 9.77. The van der Waals surface area contributed by atoms with E-state index >= 15 is 0 Å². The highest BCUT2D eigenvalue weighted by Gasteiger charge is 2.23. The van der Waals surface area contributed by atoms with Crippen molar-refractivity contribution in [2.24, 2.45) is 0 Å². The minimum atomic E-state index is 0.858. The number of hydrogen-bond acceptors (Lipinski definition) is 1. The van der Waals surface area contributed by atoms with E-state index < -0.39 is 0 Å². The first-order chi connectivity index (χ1) is 24.2. The molecule has 1 aliphatic rings. The Balaban J connectivity index is 1.41. The van der Waals surface area contributed by atoms with E-state index in [1.54, 1.807) is 0 Å². The molecule has 0 aliphatic heterocycles. The first-order valence-corrected chi connectivity index (χ1v) is 16.9. The zero-order valence-electron chi connectivity index (χ0n) is 27.3. The molecule has 49 heavy (non-hydrogen) atoms. The van der Waals surface area contributed by atoms with Crippen LogP contribution in [0.3, 0.4) is 0 Å². The molecule has 0 amide bonds.